The van der Waals surface area contributed by atoms with Crippen molar-refractivity contribution in [3.05, 3.63) is 21.0 Å². The van der Waals surface area contributed by atoms with E-state index in [9.17, 15) is 4.79 Å². The lowest BCUT2D eigenvalue weighted by molar-refractivity contribution is 0.185. The van der Waals surface area contributed by atoms with Crippen LogP contribution in [0, 0.1) is 5.92 Å². The van der Waals surface area contributed by atoms with Crippen LogP contribution in [0.5, 0.6) is 0 Å². The molecule has 1 aliphatic rings. The molecular formula is C13H20BrN3O2. The number of anilines is 1. The summed E-state index contributed by atoms with van der Waals surface area (Å²) < 4.78 is 7.43. The fourth-order valence-electron chi connectivity index (χ4n) is 2.12. The second-order valence-corrected chi connectivity index (χ2v) is 6.53. The third kappa shape index (κ3) is 3.36. The molecule has 0 bridgehead atoms. The van der Waals surface area contributed by atoms with Crippen molar-refractivity contribution < 1.29 is 4.74 Å². The first-order valence-electron chi connectivity index (χ1n) is 6.53. The lowest BCUT2D eigenvalue weighted by Crippen LogP contribution is -2.36. The minimum absolute atomic E-state index is 0.0961. The molecule has 0 saturated carbocycles. The minimum Gasteiger partial charge on any atom is -0.379 e. The Bertz CT molecular complexity index is 507. The Morgan fingerprint density at radius 1 is 1.63 bits per heavy atom. The average Bonchev–Trinajstić information content (AvgIpc) is 2.75. The Kier molecular flexibility index (Phi) is 4.30. The van der Waals surface area contributed by atoms with E-state index in [-0.39, 0.29) is 11.1 Å². The molecule has 0 radical (unpaired) electrons. The predicted octanol–water partition coefficient (Wildman–Crippen LogP) is 2.25. The van der Waals surface area contributed by atoms with Crippen molar-refractivity contribution in [3.8, 4) is 0 Å². The van der Waals surface area contributed by atoms with E-state index in [4.69, 9.17) is 4.74 Å². The van der Waals surface area contributed by atoms with Crippen LogP contribution in [0.4, 0.5) is 5.69 Å². The second-order valence-electron chi connectivity index (χ2n) is 5.74. The van der Waals surface area contributed by atoms with Gasteiger partial charge in [0.2, 0.25) is 0 Å². The van der Waals surface area contributed by atoms with Crippen LogP contribution in [-0.2, 0) is 11.3 Å². The zero-order valence-electron chi connectivity index (χ0n) is 11.6. The Hall–Kier alpha value is -0.880. The van der Waals surface area contributed by atoms with Crippen LogP contribution in [0.1, 0.15) is 27.2 Å². The van der Waals surface area contributed by atoms with Gasteiger partial charge in [0.25, 0.3) is 5.56 Å². The number of aromatic nitrogens is 2. The highest BCUT2D eigenvalue weighted by Crippen LogP contribution is 2.26. The number of hydrogen-bond donors (Lipinski definition) is 1. The average molecular weight is 330 g/mol. The normalized spacial score (nSPS) is 23.0. The Morgan fingerprint density at radius 3 is 2.95 bits per heavy atom. The van der Waals surface area contributed by atoms with Crippen molar-refractivity contribution in [2.75, 3.05) is 18.5 Å². The molecule has 1 saturated heterocycles. The molecule has 0 spiro atoms. The highest BCUT2D eigenvalue weighted by Gasteiger charge is 2.30. The molecule has 2 rings (SSSR count). The van der Waals surface area contributed by atoms with Crippen molar-refractivity contribution >= 4 is 21.6 Å². The zero-order chi connectivity index (χ0) is 14.0. The molecule has 1 unspecified atom stereocenters. The van der Waals surface area contributed by atoms with Crippen molar-refractivity contribution in [1.29, 1.82) is 0 Å². The number of ether oxygens (including phenoxy) is 1. The lowest BCUT2D eigenvalue weighted by atomic mass is 10.0. The Labute approximate surface area is 121 Å². The molecular weight excluding hydrogens is 310 g/mol. The molecule has 2 heterocycles. The molecule has 6 heteroatoms. The summed E-state index contributed by atoms with van der Waals surface area (Å²) in [5.74, 6) is 0.386. The summed E-state index contributed by atoms with van der Waals surface area (Å²) in [5.41, 5.74) is 0.514. The van der Waals surface area contributed by atoms with Crippen molar-refractivity contribution in [2.45, 2.75) is 39.3 Å². The number of nitrogens with zero attached hydrogens (tertiary/aromatic N) is 2. The second kappa shape index (κ2) is 5.63. The smallest absolute Gasteiger partial charge is 0.283 e. The number of halogens is 1. The van der Waals surface area contributed by atoms with Gasteiger partial charge in [-0.3, -0.25) is 4.79 Å². The molecule has 0 aliphatic carbocycles. The maximum absolute atomic E-state index is 12.2. The predicted molar refractivity (Wildman–Crippen MR) is 78.5 cm³/mol. The highest BCUT2D eigenvalue weighted by atomic mass is 79.9. The van der Waals surface area contributed by atoms with Crippen LogP contribution in [0.25, 0.3) is 0 Å². The number of nitrogens with one attached hydrogen (secondary N) is 1. The summed E-state index contributed by atoms with van der Waals surface area (Å²) in [6.45, 7) is 8.23. The van der Waals surface area contributed by atoms with Gasteiger partial charge in [-0.25, -0.2) is 4.68 Å². The summed E-state index contributed by atoms with van der Waals surface area (Å²) in [7, 11) is 0. The molecule has 1 N–H and O–H groups in total. The first-order chi connectivity index (χ1) is 8.91. The van der Waals surface area contributed by atoms with E-state index in [0.29, 0.717) is 23.5 Å². The molecule has 1 fully saturated rings. The van der Waals surface area contributed by atoms with Gasteiger partial charge in [0.1, 0.15) is 4.47 Å². The zero-order valence-corrected chi connectivity index (χ0v) is 13.2. The summed E-state index contributed by atoms with van der Waals surface area (Å²) in [6, 6.07) is 0. The van der Waals surface area contributed by atoms with E-state index in [2.05, 4.69) is 47.1 Å². The van der Waals surface area contributed by atoms with Crippen LogP contribution in [0.3, 0.4) is 0 Å². The monoisotopic (exact) mass is 329 g/mol. The molecule has 0 aromatic carbocycles. The molecule has 0 amide bonds. The van der Waals surface area contributed by atoms with Crippen LogP contribution in [0.2, 0.25) is 0 Å². The number of hydrogen-bond acceptors (Lipinski definition) is 4. The van der Waals surface area contributed by atoms with E-state index in [1.807, 2.05) is 0 Å². The van der Waals surface area contributed by atoms with Crippen LogP contribution >= 0.6 is 15.9 Å². The van der Waals surface area contributed by atoms with Gasteiger partial charge in [0.15, 0.2) is 0 Å². The Balaban J connectivity index is 2.23. The first-order valence-corrected chi connectivity index (χ1v) is 7.32. The van der Waals surface area contributed by atoms with Crippen LogP contribution in [-0.4, -0.2) is 28.5 Å². The first kappa shape index (κ1) is 14.5. The summed E-state index contributed by atoms with van der Waals surface area (Å²) in [4.78, 5) is 12.2. The lowest BCUT2D eigenvalue weighted by Gasteiger charge is -2.25. The fourth-order valence-corrected chi connectivity index (χ4v) is 2.53. The van der Waals surface area contributed by atoms with Gasteiger partial charge in [0, 0.05) is 13.2 Å². The summed E-state index contributed by atoms with van der Waals surface area (Å²) in [5, 5.41) is 7.58. The topological polar surface area (TPSA) is 56.1 Å². The van der Waals surface area contributed by atoms with E-state index in [0.717, 1.165) is 18.7 Å². The minimum atomic E-state index is -0.124. The highest BCUT2D eigenvalue weighted by molar-refractivity contribution is 9.10. The molecule has 5 nitrogen and oxygen atoms in total. The molecule has 1 aliphatic heterocycles. The Morgan fingerprint density at radius 2 is 2.37 bits per heavy atom. The molecule has 106 valence electrons. The van der Waals surface area contributed by atoms with Gasteiger partial charge in [-0.2, -0.15) is 5.10 Å². The third-order valence-corrected chi connectivity index (χ3v) is 3.94. The quantitative estimate of drug-likeness (QED) is 0.920. The van der Waals surface area contributed by atoms with Crippen molar-refractivity contribution in [2.24, 2.45) is 5.92 Å². The van der Waals surface area contributed by atoms with Gasteiger partial charge < -0.3 is 10.1 Å². The van der Waals surface area contributed by atoms with Crippen molar-refractivity contribution in [3.63, 3.8) is 0 Å². The number of rotatable bonds is 4. The van der Waals surface area contributed by atoms with E-state index >= 15 is 0 Å². The van der Waals surface area contributed by atoms with Gasteiger partial charge in [-0.15, -0.1) is 0 Å². The van der Waals surface area contributed by atoms with Gasteiger partial charge in [-0.05, 0) is 35.2 Å². The molecule has 1 atom stereocenters. The molecule has 1 aromatic rings. The van der Waals surface area contributed by atoms with Gasteiger partial charge in [0.05, 0.1) is 24.0 Å². The van der Waals surface area contributed by atoms with Crippen molar-refractivity contribution in [1.82, 2.24) is 9.78 Å². The van der Waals surface area contributed by atoms with E-state index < -0.39 is 0 Å². The SMILES string of the molecule is CC(C)Cn1ncc(NC2(C)CCOC2)c(Br)c1=O. The standard InChI is InChI=1S/C13H20BrN3O2/c1-9(2)7-17-12(18)11(14)10(6-15-17)16-13(3)4-5-19-8-13/h6,9,16H,4-5,7-8H2,1-3H3. The maximum atomic E-state index is 12.2. The largest absolute Gasteiger partial charge is 0.379 e. The fraction of sp³-hybridized carbons (Fsp3) is 0.692. The summed E-state index contributed by atoms with van der Waals surface area (Å²) >= 11 is 3.38. The van der Waals surface area contributed by atoms with E-state index in [1.54, 1.807) is 6.20 Å². The molecule has 1 aromatic heterocycles. The van der Waals surface area contributed by atoms with Gasteiger partial charge in [-0.1, -0.05) is 13.8 Å². The van der Waals surface area contributed by atoms with Crippen LogP contribution < -0.4 is 10.9 Å². The maximum Gasteiger partial charge on any atom is 0.283 e. The molecule has 19 heavy (non-hydrogen) atoms. The van der Waals surface area contributed by atoms with Crippen LogP contribution in [0.15, 0.2) is 15.5 Å². The van der Waals surface area contributed by atoms with E-state index in [1.165, 1.54) is 4.68 Å². The van der Waals surface area contributed by atoms with Gasteiger partial charge >= 0.3 is 0 Å². The third-order valence-electron chi connectivity index (χ3n) is 3.18. The summed E-state index contributed by atoms with van der Waals surface area (Å²) in [6.07, 6.45) is 2.63.